The molecule has 2 rings (SSSR count). The molecule has 0 radical (unpaired) electrons. The van der Waals surface area contributed by atoms with E-state index in [2.05, 4.69) is 26.1 Å². The lowest BCUT2D eigenvalue weighted by molar-refractivity contribution is -0.170. The average molecular weight is 311 g/mol. The Morgan fingerprint density at radius 3 is 2.59 bits per heavy atom. The molecule has 124 valence electrons. The van der Waals surface area contributed by atoms with Gasteiger partial charge in [0.2, 0.25) is 0 Å². The molecule has 1 spiro atoms. The number of rotatable bonds is 3. The lowest BCUT2D eigenvalue weighted by Gasteiger charge is -2.43. The number of carbonyl (C=O) groups is 3. The van der Waals surface area contributed by atoms with Gasteiger partial charge < -0.3 is 5.32 Å². The fourth-order valence-electron chi connectivity index (χ4n) is 3.99. The molecule has 1 heterocycles. The summed E-state index contributed by atoms with van der Waals surface area (Å²) in [5, 5.41) is 3.86. The largest absolute Gasteiger partial charge is 0.325 e. The standard InChI is InChI=1S/C15H25N3O4/c1-10-6-14(2,3)9-15(7-10)12(20)18(13(21)16-15)8-11(19)17(4)22-5/h10H,6-9H2,1-5H3,(H,16,21)/t10-,15+/m0/s1. The van der Waals surface area contributed by atoms with Crippen LogP contribution in [0.25, 0.3) is 0 Å². The minimum absolute atomic E-state index is 0.0239. The SMILES string of the molecule is CON(C)C(=O)CN1C(=O)N[C@@]2(C[C@@H](C)CC(C)(C)C2)C1=O. The third kappa shape index (κ3) is 2.95. The lowest BCUT2D eigenvalue weighted by Crippen LogP contribution is -2.54. The molecule has 4 amide bonds. The Morgan fingerprint density at radius 2 is 2.05 bits per heavy atom. The van der Waals surface area contributed by atoms with Crippen LogP contribution in [0.3, 0.4) is 0 Å². The molecular formula is C15H25N3O4. The van der Waals surface area contributed by atoms with Gasteiger partial charge in [-0.25, -0.2) is 9.86 Å². The quantitative estimate of drug-likeness (QED) is 0.626. The highest BCUT2D eigenvalue weighted by Gasteiger charge is 2.56. The van der Waals surface area contributed by atoms with E-state index in [1.54, 1.807) is 0 Å². The van der Waals surface area contributed by atoms with Crippen LogP contribution in [-0.4, -0.2) is 54.0 Å². The van der Waals surface area contributed by atoms with Gasteiger partial charge in [-0.3, -0.25) is 19.3 Å². The molecule has 1 saturated heterocycles. The molecule has 1 N–H and O–H groups in total. The fourth-order valence-corrected chi connectivity index (χ4v) is 3.99. The molecule has 0 bridgehead atoms. The zero-order valence-corrected chi connectivity index (χ0v) is 13.9. The summed E-state index contributed by atoms with van der Waals surface area (Å²) < 4.78 is 0. The molecule has 2 atom stereocenters. The Kier molecular flexibility index (Phi) is 4.21. The van der Waals surface area contributed by atoms with Gasteiger partial charge in [-0.2, -0.15) is 0 Å². The highest BCUT2D eigenvalue weighted by atomic mass is 16.7. The number of urea groups is 1. The molecule has 22 heavy (non-hydrogen) atoms. The van der Waals surface area contributed by atoms with Crippen molar-refractivity contribution in [2.75, 3.05) is 20.7 Å². The Bertz CT molecular complexity index is 505. The second-order valence-electron chi connectivity index (χ2n) is 7.33. The third-order valence-corrected chi connectivity index (χ3v) is 4.54. The molecule has 1 saturated carbocycles. The molecular weight excluding hydrogens is 286 g/mol. The van der Waals surface area contributed by atoms with Crippen molar-refractivity contribution in [3.05, 3.63) is 0 Å². The van der Waals surface area contributed by atoms with Gasteiger partial charge in [-0.05, 0) is 30.6 Å². The summed E-state index contributed by atoms with van der Waals surface area (Å²) in [5.74, 6) is -0.397. The minimum Gasteiger partial charge on any atom is -0.323 e. The number of imide groups is 1. The van der Waals surface area contributed by atoms with Gasteiger partial charge in [0.25, 0.3) is 11.8 Å². The second kappa shape index (κ2) is 5.53. The van der Waals surface area contributed by atoms with Crippen molar-refractivity contribution in [1.82, 2.24) is 15.3 Å². The van der Waals surface area contributed by atoms with E-state index in [1.165, 1.54) is 14.2 Å². The number of nitrogens with one attached hydrogen (secondary N) is 1. The van der Waals surface area contributed by atoms with E-state index in [4.69, 9.17) is 4.84 Å². The lowest BCUT2D eigenvalue weighted by atomic mass is 9.64. The molecule has 0 aromatic carbocycles. The van der Waals surface area contributed by atoms with E-state index in [9.17, 15) is 14.4 Å². The van der Waals surface area contributed by atoms with Crippen LogP contribution in [-0.2, 0) is 14.4 Å². The van der Waals surface area contributed by atoms with Gasteiger partial charge >= 0.3 is 6.03 Å². The first kappa shape index (κ1) is 16.7. The summed E-state index contributed by atoms with van der Waals surface area (Å²) in [6.45, 7) is 6.01. The zero-order chi connectivity index (χ0) is 16.7. The number of hydrogen-bond acceptors (Lipinski definition) is 4. The number of hydrogen-bond donors (Lipinski definition) is 1. The van der Waals surface area contributed by atoms with Gasteiger partial charge in [0, 0.05) is 7.05 Å². The Labute approximate surface area is 130 Å². The Balaban J connectivity index is 2.19. The monoisotopic (exact) mass is 311 g/mol. The van der Waals surface area contributed by atoms with Crippen LogP contribution in [0.1, 0.15) is 40.0 Å². The van der Waals surface area contributed by atoms with E-state index in [1.807, 2.05) is 0 Å². The molecule has 7 heteroatoms. The van der Waals surface area contributed by atoms with Crippen molar-refractivity contribution >= 4 is 17.8 Å². The Morgan fingerprint density at radius 1 is 1.41 bits per heavy atom. The predicted molar refractivity (Wildman–Crippen MR) is 79.6 cm³/mol. The molecule has 0 unspecified atom stereocenters. The van der Waals surface area contributed by atoms with E-state index in [0.29, 0.717) is 18.8 Å². The number of likely N-dealkylation sites (N-methyl/N-ethyl adjacent to an activating group) is 1. The molecule has 0 aromatic heterocycles. The van der Waals surface area contributed by atoms with Crippen molar-refractivity contribution in [3.8, 4) is 0 Å². The zero-order valence-electron chi connectivity index (χ0n) is 13.9. The van der Waals surface area contributed by atoms with Gasteiger partial charge in [0.1, 0.15) is 12.1 Å². The van der Waals surface area contributed by atoms with Crippen LogP contribution in [0.2, 0.25) is 0 Å². The van der Waals surface area contributed by atoms with Gasteiger partial charge in [-0.1, -0.05) is 20.8 Å². The summed E-state index contributed by atoms with van der Waals surface area (Å²) in [4.78, 5) is 42.7. The van der Waals surface area contributed by atoms with Gasteiger partial charge in [-0.15, -0.1) is 0 Å². The first-order chi connectivity index (χ1) is 10.1. The van der Waals surface area contributed by atoms with Gasteiger partial charge in [0.05, 0.1) is 7.11 Å². The van der Waals surface area contributed by atoms with E-state index >= 15 is 0 Å². The maximum Gasteiger partial charge on any atom is 0.325 e. The molecule has 2 aliphatic rings. The van der Waals surface area contributed by atoms with Crippen LogP contribution in [0.4, 0.5) is 4.79 Å². The summed E-state index contributed by atoms with van der Waals surface area (Å²) in [6.07, 6.45) is 2.23. The molecule has 0 aromatic rings. The fraction of sp³-hybridized carbons (Fsp3) is 0.800. The summed E-state index contributed by atoms with van der Waals surface area (Å²) in [6, 6.07) is -0.493. The van der Waals surface area contributed by atoms with E-state index in [-0.39, 0.29) is 17.9 Å². The van der Waals surface area contributed by atoms with Crippen molar-refractivity contribution in [3.63, 3.8) is 0 Å². The normalized spacial score (nSPS) is 30.6. The Hall–Kier alpha value is -1.63. The number of nitrogens with zero attached hydrogens (tertiary/aromatic N) is 2. The number of hydroxylamine groups is 2. The van der Waals surface area contributed by atoms with E-state index < -0.39 is 17.5 Å². The predicted octanol–water partition coefficient (Wildman–Crippen LogP) is 1.14. The van der Waals surface area contributed by atoms with Crippen molar-refractivity contribution in [2.45, 2.75) is 45.6 Å². The van der Waals surface area contributed by atoms with Crippen LogP contribution < -0.4 is 5.32 Å². The summed E-state index contributed by atoms with van der Waals surface area (Å²) >= 11 is 0. The minimum atomic E-state index is -0.871. The summed E-state index contributed by atoms with van der Waals surface area (Å²) in [7, 11) is 2.80. The maximum atomic E-state index is 12.8. The van der Waals surface area contributed by atoms with Crippen molar-refractivity contribution < 1.29 is 19.2 Å². The van der Waals surface area contributed by atoms with Gasteiger partial charge in [0.15, 0.2) is 0 Å². The van der Waals surface area contributed by atoms with Crippen LogP contribution >= 0.6 is 0 Å². The number of amides is 4. The molecule has 2 fully saturated rings. The summed E-state index contributed by atoms with van der Waals surface area (Å²) in [5.41, 5.74) is -0.895. The van der Waals surface area contributed by atoms with Crippen molar-refractivity contribution in [2.24, 2.45) is 11.3 Å². The molecule has 7 nitrogen and oxygen atoms in total. The first-order valence-corrected chi connectivity index (χ1v) is 7.55. The topological polar surface area (TPSA) is 79.0 Å². The van der Waals surface area contributed by atoms with Crippen LogP contribution in [0.5, 0.6) is 0 Å². The van der Waals surface area contributed by atoms with Crippen molar-refractivity contribution in [1.29, 1.82) is 0 Å². The molecule has 1 aliphatic carbocycles. The third-order valence-electron chi connectivity index (χ3n) is 4.54. The van der Waals surface area contributed by atoms with E-state index in [0.717, 1.165) is 16.4 Å². The number of carbonyl (C=O) groups excluding carboxylic acids is 3. The molecule has 1 aliphatic heterocycles. The highest BCUT2D eigenvalue weighted by Crippen LogP contribution is 2.46. The average Bonchev–Trinajstić information content (AvgIpc) is 2.59. The van der Waals surface area contributed by atoms with Crippen LogP contribution in [0.15, 0.2) is 0 Å². The second-order valence-corrected chi connectivity index (χ2v) is 7.33. The van der Waals surface area contributed by atoms with Crippen LogP contribution in [0, 0.1) is 11.3 Å². The maximum absolute atomic E-state index is 12.8. The smallest absolute Gasteiger partial charge is 0.323 e. The highest BCUT2D eigenvalue weighted by molar-refractivity contribution is 6.09. The first-order valence-electron chi connectivity index (χ1n) is 7.55.